The zero-order valence-electron chi connectivity index (χ0n) is 11.2. The monoisotopic (exact) mass is 291 g/mol. The van der Waals surface area contributed by atoms with Gasteiger partial charge in [-0.1, -0.05) is 0 Å². The van der Waals surface area contributed by atoms with Crippen molar-refractivity contribution in [1.29, 1.82) is 0 Å². The summed E-state index contributed by atoms with van der Waals surface area (Å²) in [5.74, 6) is 0.719. The minimum Gasteiger partial charge on any atom is -0.392 e. The van der Waals surface area contributed by atoms with E-state index in [0.717, 1.165) is 48.3 Å². The fraction of sp³-hybridized carbons (Fsp3) is 0.571. The number of nitrogens with one attached hydrogen (secondary N) is 1. The van der Waals surface area contributed by atoms with E-state index in [2.05, 4.69) is 14.9 Å². The molecule has 1 aliphatic carbocycles. The van der Waals surface area contributed by atoms with E-state index in [1.165, 1.54) is 10.4 Å². The molecule has 3 heterocycles. The van der Waals surface area contributed by atoms with Gasteiger partial charge in [-0.3, -0.25) is 9.69 Å². The summed E-state index contributed by atoms with van der Waals surface area (Å²) in [6.07, 6.45) is 3.82. The molecule has 0 saturated carbocycles. The average molecular weight is 291 g/mol. The molecule has 6 heteroatoms. The summed E-state index contributed by atoms with van der Waals surface area (Å²) in [6, 6.07) is 0. The largest absolute Gasteiger partial charge is 0.392 e. The summed E-state index contributed by atoms with van der Waals surface area (Å²) < 4.78 is 0. The van der Waals surface area contributed by atoms with Gasteiger partial charge in [0.25, 0.3) is 5.56 Å². The van der Waals surface area contributed by atoms with Crippen LogP contribution in [0.15, 0.2) is 4.79 Å². The van der Waals surface area contributed by atoms with Crippen LogP contribution in [0.25, 0.3) is 10.2 Å². The number of thiophene rings is 1. The molecule has 20 heavy (non-hydrogen) atoms. The molecule has 0 spiro atoms. The lowest BCUT2D eigenvalue weighted by atomic mass is 10.2. The Morgan fingerprint density at radius 1 is 1.45 bits per heavy atom. The molecular formula is C14H17N3O2S. The third-order valence-electron chi connectivity index (χ3n) is 4.24. The topological polar surface area (TPSA) is 69.2 Å². The zero-order valence-corrected chi connectivity index (χ0v) is 12.0. The lowest BCUT2D eigenvalue weighted by Crippen LogP contribution is -2.24. The van der Waals surface area contributed by atoms with Gasteiger partial charge in [-0.25, -0.2) is 4.98 Å². The molecule has 0 aromatic carbocycles. The molecule has 4 rings (SSSR count). The minimum atomic E-state index is -0.240. The minimum absolute atomic E-state index is 0.00384. The quantitative estimate of drug-likeness (QED) is 0.867. The van der Waals surface area contributed by atoms with Crippen LogP contribution in [0.1, 0.15) is 29.1 Å². The van der Waals surface area contributed by atoms with E-state index in [-0.39, 0.29) is 11.7 Å². The van der Waals surface area contributed by atoms with Crippen LogP contribution in [-0.4, -0.2) is 39.2 Å². The predicted octanol–water partition coefficient (Wildman–Crippen LogP) is 1.04. The van der Waals surface area contributed by atoms with Gasteiger partial charge in [0.1, 0.15) is 10.7 Å². The van der Waals surface area contributed by atoms with Crippen LogP contribution in [0.5, 0.6) is 0 Å². The van der Waals surface area contributed by atoms with Gasteiger partial charge in [0.15, 0.2) is 0 Å². The highest BCUT2D eigenvalue weighted by Crippen LogP contribution is 2.34. The van der Waals surface area contributed by atoms with Crippen molar-refractivity contribution in [1.82, 2.24) is 14.9 Å². The highest BCUT2D eigenvalue weighted by atomic mass is 32.1. The first-order valence-electron chi connectivity index (χ1n) is 7.14. The van der Waals surface area contributed by atoms with Crippen molar-refractivity contribution in [3.63, 3.8) is 0 Å². The number of H-pyrrole nitrogens is 1. The van der Waals surface area contributed by atoms with E-state index in [4.69, 9.17) is 0 Å². The number of aryl methyl sites for hydroxylation is 2. The Balaban J connectivity index is 1.70. The number of likely N-dealkylation sites (tertiary alicyclic amines) is 1. The van der Waals surface area contributed by atoms with Crippen LogP contribution in [0.4, 0.5) is 0 Å². The molecule has 2 aromatic heterocycles. The highest BCUT2D eigenvalue weighted by molar-refractivity contribution is 7.18. The molecule has 5 nitrogen and oxygen atoms in total. The van der Waals surface area contributed by atoms with Gasteiger partial charge >= 0.3 is 0 Å². The second-order valence-electron chi connectivity index (χ2n) is 5.73. The first-order valence-corrected chi connectivity index (χ1v) is 7.96. The summed E-state index contributed by atoms with van der Waals surface area (Å²) in [5.41, 5.74) is 1.23. The van der Waals surface area contributed by atoms with E-state index in [9.17, 15) is 9.90 Å². The Kier molecular flexibility index (Phi) is 2.90. The van der Waals surface area contributed by atoms with Gasteiger partial charge in [0, 0.05) is 18.0 Å². The molecule has 2 aliphatic rings. The second kappa shape index (κ2) is 4.65. The number of hydrogen-bond donors (Lipinski definition) is 2. The fourth-order valence-corrected chi connectivity index (χ4v) is 4.57. The van der Waals surface area contributed by atoms with Gasteiger partial charge in [-0.15, -0.1) is 11.3 Å². The molecule has 106 valence electrons. The average Bonchev–Trinajstić information content (AvgIpc) is 3.04. The lowest BCUT2D eigenvalue weighted by Gasteiger charge is -2.13. The Bertz CT molecular complexity index is 721. The number of rotatable bonds is 2. The van der Waals surface area contributed by atoms with Crippen molar-refractivity contribution in [3.8, 4) is 0 Å². The van der Waals surface area contributed by atoms with Crippen molar-refractivity contribution < 1.29 is 5.11 Å². The van der Waals surface area contributed by atoms with E-state index in [1.807, 2.05) is 0 Å². The van der Waals surface area contributed by atoms with E-state index >= 15 is 0 Å². The number of aliphatic hydroxyl groups excluding tert-OH is 1. The maximum Gasteiger partial charge on any atom is 0.259 e. The van der Waals surface area contributed by atoms with Crippen molar-refractivity contribution in [2.24, 2.45) is 0 Å². The molecule has 2 N–H and O–H groups in total. The first kappa shape index (κ1) is 12.5. The SMILES string of the molecule is O=c1[nH]c(CN2CC[C@H](O)C2)nc2sc3c(c12)CCC3. The maximum atomic E-state index is 12.3. The molecule has 2 aromatic rings. The first-order chi connectivity index (χ1) is 9.70. The third-order valence-corrected chi connectivity index (χ3v) is 5.43. The number of hydrogen-bond acceptors (Lipinski definition) is 5. The van der Waals surface area contributed by atoms with Gasteiger partial charge in [0.2, 0.25) is 0 Å². The van der Waals surface area contributed by atoms with Crippen LogP contribution in [0, 0.1) is 0 Å². The van der Waals surface area contributed by atoms with Gasteiger partial charge in [-0.05, 0) is 31.2 Å². The number of fused-ring (bicyclic) bond motifs is 3. The van der Waals surface area contributed by atoms with Crippen molar-refractivity contribution in [2.75, 3.05) is 13.1 Å². The number of aromatic amines is 1. The summed E-state index contributed by atoms with van der Waals surface area (Å²) in [4.78, 5) is 24.2. The Morgan fingerprint density at radius 2 is 2.35 bits per heavy atom. The summed E-state index contributed by atoms with van der Waals surface area (Å²) in [6.45, 7) is 2.15. The van der Waals surface area contributed by atoms with E-state index in [0.29, 0.717) is 13.1 Å². The van der Waals surface area contributed by atoms with Gasteiger partial charge in [-0.2, -0.15) is 0 Å². The second-order valence-corrected chi connectivity index (χ2v) is 6.81. The van der Waals surface area contributed by atoms with Gasteiger partial charge in [0.05, 0.1) is 18.0 Å². The number of aliphatic hydroxyl groups is 1. The molecule has 0 bridgehead atoms. The van der Waals surface area contributed by atoms with E-state index in [1.54, 1.807) is 11.3 Å². The molecular weight excluding hydrogens is 274 g/mol. The standard InChI is InChI=1S/C14H17N3O2S/c18-8-4-5-17(6-8)7-11-15-13(19)12-9-2-1-3-10(9)20-14(12)16-11/h8,18H,1-7H2,(H,15,16,19)/t8-/m0/s1. The van der Waals surface area contributed by atoms with E-state index < -0.39 is 0 Å². The normalized spacial score (nSPS) is 22.8. The lowest BCUT2D eigenvalue weighted by molar-refractivity contribution is 0.174. The highest BCUT2D eigenvalue weighted by Gasteiger charge is 2.23. The molecule has 1 saturated heterocycles. The van der Waals surface area contributed by atoms with Crippen molar-refractivity contribution in [2.45, 2.75) is 38.3 Å². The van der Waals surface area contributed by atoms with Crippen LogP contribution in [0.3, 0.4) is 0 Å². The molecule has 1 atom stereocenters. The predicted molar refractivity (Wildman–Crippen MR) is 78.2 cm³/mol. The van der Waals surface area contributed by atoms with Crippen LogP contribution >= 0.6 is 11.3 Å². The number of nitrogens with zero attached hydrogens (tertiary/aromatic N) is 2. The van der Waals surface area contributed by atoms with Crippen LogP contribution in [0.2, 0.25) is 0 Å². The van der Waals surface area contributed by atoms with Gasteiger partial charge < -0.3 is 10.1 Å². The van der Waals surface area contributed by atoms with Crippen molar-refractivity contribution in [3.05, 3.63) is 26.6 Å². The fourth-order valence-electron chi connectivity index (χ4n) is 3.29. The summed E-state index contributed by atoms with van der Waals surface area (Å²) in [7, 11) is 0. The third kappa shape index (κ3) is 1.99. The Morgan fingerprint density at radius 3 is 3.15 bits per heavy atom. The molecule has 1 fully saturated rings. The number of β-amino-alcohol motifs (C(OH)–C–C–N with tert-alkyl or cyclic N) is 1. The smallest absolute Gasteiger partial charge is 0.259 e. The zero-order chi connectivity index (χ0) is 13.7. The Labute approximate surface area is 120 Å². The Hall–Kier alpha value is -1.24. The molecule has 0 amide bonds. The molecule has 0 unspecified atom stereocenters. The summed E-state index contributed by atoms with van der Waals surface area (Å²) in [5, 5.41) is 10.4. The van der Waals surface area contributed by atoms with Crippen LogP contribution < -0.4 is 5.56 Å². The van der Waals surface area contributed by atoms with Crippen molar-refractivity contribution >= 4 is 21.6 Å². The number of aromatic nitrogens is 2. The summed E-state index contributed by atoms with van der Waals surface area (Å²) >= 11 is 1.67. The van der Waals surface area contributed by atoms with Crippen LogP contribution in [-0.2, 0) is 19.4 Å². The maximum absolute atomic E-state index is 12.3. The molecule has 1 aliphatic heterocycles. The molecule has 0 radical (unpaired) electrons.